The molecule has 1 aromatic rings. The molecule has 3 N–H and O–H groups in total. The van der Waals surface area contributed by atoms with Crippen molar-refractivity contribution in [1.29, 1.82) is 0 Å². The lowest BCUT2D eigenvalue weighted by Crippen LogP contribution is -2.40. The van der Waals surface area contributed by atoms with Gasteiger partial charge in [0.2, 0.25) is 5.91 Å². The van der Waals surface area contributed by atoms with Crippen molar-refractivity contribution in [3.8, 4) is 0 Å². The minimum atomic E-state index is -0.422. The Morgan fingerprint density at radius 3 is 2.94 bits per heavy atom. The molecule has 0 aromatic heterocycles. The van der Waals surface area contributed by atoms with E-state index in [0.717, 1.165) is 12.8 Å². The molecule has 0 saturated carbocycles. The standard InChI is InChI=1S/C14H20N2O.ClH/c1-10(15)14(17)16-9-12-7-4-6-11-5-2-3-8-13(11)12;/h2-3,5,8,10,12H,4,6-7,9,15H2,1H3,(H,16,17);1H/t10-,12?;/m1./s1. The van der Waals surface area contributed by atoms with Crippen molar-refractivity contribution >= 4 is 18.3 Å². The Bertz CT molecular complexity index is 407. The molecule has 2 rings (SSSR count). The fraction of sp³-hybridized carbons (Fsp3) is 0.500. The zero-order valence-corrected chi connectivity index (χ0v) is 11.5. The van der Waals surface area contributed by atoms with Gasteiger partial charge in [-0.2, -0.15) is 0 Å². The Kier molecular flexibility index (Phi) is 5.63. The second kappa shape index (κ2) is 6.76. The summed E-state index contributed by atoms with van der Waals surface area (Å²) in [5, 5.41) is 2.93. The molecular weight excluding hydrogens is 248 g/mol. The van der Waals surface area contributed by atoms with Gasteiger partial charge in [0.25, 0.3) is 0 Å². The van der Waals surface area contributed by atoms with Gasteiger partial charge in [-0.1, -0.05) is 24.3 Å². The van der Waals surface area contributed by atoms with E-state index in [1.54, 1.807) is 6.92 Å². The van der Waals surface area contributed by atoms with E-state index in [1.165, 1.54) is 17.5 Å². The quantitative estimate of drug-likeness (QED) is 0.881. The van der Waals surface area contributed by atoms with Crippen LogP contribution in [0, 0.1) is 0 Å². The number of carbonyl (C=O) groups excluding carboxylic acids is 1. The third kappa shape index (κ3) is 3.47. The van der Waals surface area contributed by atoms with E-state index in [2.05, 4.69) is 29.6 Å². The molecule has 1 aliphatic carbocycles. The van der Waals surface area contributed by atoms with Gasteiger partial charge in [-0.25, -0.2) is 0 Å². The van der Waals surface area contributed by atoms with Crippen LogP contribution < -0.4 is 11.1 Å². The van der Waals surface area contributed by atoms with E-state index >= 15 is 0 Å². The molecule has 0 radical (unpaired) electrons. The molecule has 0 heterocycles. The number of carbonyl (C=O) groups is 1. The van der Waals surface area contributed by atoms with Gasteiger partial charge in [-0.3, -0.25) is 4.79 Å². The summed E-state index contributed by atoms with van der Waals surface area (Å²) < 4.78 is 0. The normalized spacial score (nSPS) is 19.3. The van der Waals surface area contributed by atoms with Crippen LogP contribution in [0.1, 0.15) is 36.8 Å². The van der Waals surface area contributed by atoms with Gasteiger partial charge in [0, 0.05) is 12.5 Å². The molecule has 3 nitrogen and oxygen atoms in total. The molecule has 2 atom stereocenters. The van der Waals surface area contributed by atoms with E-state index in [1.807, 2.05) is 0 Å². The largest absolute Gasteiger partial charge is 0.354 e. The number of rotatable bonds is 3. The molecule has 0 aliphatic heterocycles. The molecule has 1 amide bonds. The summed E-state index contributed by atoms with van der Waals surface area (Å²) in [6.45, 7) is 2.42. The van der Waals surface area contributed by atoms with Crippen LogP contribution in [0.15, 0.2) is 24.3 Å². The topological polar surface area (TPSA) is 55.1 Å². The van der Waals surface area contributed by atoms with Gasteiger partial charge in [-0.05, 0) is 37.3 Å². The molecule has 0 saturated heterocycles. The SMILES string of the molecule is C[C@@H](N)C(=O)NCC1CCCc2ccccc21.Cl. The summed E-state index contributed by atoms with van der Waals surface area (Å²) in [5.41, 5.74) is 8.36. The van der Waals surface area contributed by atoms with E-state index in [4.69, 9.17) is 5.73 Å². The molecule has 1 aliphatic rings. The predicted octanol–water partition coefficient (Wildman–Crippen LogP) is 1.99. The first-order chi connectivity index (χ1) is 8.18. The number of halogens is 1. The molecule has 100 valence electrons. The predicted molar refractivity (Wildman–Crippen MR) is 76.0 cm³/mol. The fourth-order valence-electron chi connectivity index (χ4n) is 2.45. The second-order valence-electron chi connectivity index (χ2n) is 4.82. The summed E-state index contributed by atoms with van der Waals surface area (Å²) in [7, 11) is 0. The third-order valence-corrected chi connectivity index (χ3v) is 3.43. The lowest BCUT2D eigenvalue weighted by atomic mass is 9.83. The Morgan fingerprint density at radius 1 is 1.50 bits per heavy atom. The first-order valence-corrected chi connectivity index (χ1v) is 6.29. The molecule has 0 fully saturated rings. The van der Waals surface area contributed by atoms with Crippen LogP contribution in [0.4, 0.5) is 0 Å². The Labute approximate surface area is 115 Å². The number of hydrogen-bond donors (Lipinski definition) is 2. The number of aryl methyl sites for hydroxylation is 1. The van der Waals surface area contributed by atoms with Crippen molar-refractivity contribution in [2.75, 3.05) is 6.54 Å². The van der Waals surface area contributed by atoms with Gasteiger partial charge in [-0.15, -0.1) is 12.4 Å². The zero-order chi connectivity index (χ0) is 12.3. The molecular formula is C14H21ClN2O. The van der Waals surface area contributed by atoms with Crippen molar-refractivity contribution in [2.24, 2.45) is 5.73 Å². The van der Waals surface area contributed by atoms with Gasteiger partial charge in [0.05, 0.1) is 6.04 Å². The number of benzene rings is 1. The third-order valence-electron chi connectivity index (χ3n) is 3.43. The van der Waals surface area contributed by atoms with E-state index in [9.17, 15) is 4.79 Å². The van der Waals surface area contributed by atoms with Crippen LogP contribution in [-0.4, -0.2) is 18.5 Å². The summed E-state index contributed by atoms with van der Waals surface area (Å²) in [5.74, 6) is 0.385. The number of nitrogens with two attached hydrogens (primary N) is 1. The molecule has 4 heteroatoms. The molecule has 0 spiro atoms. The highest BCUT2D eigenvalue weighted by molar-refractivity contribution is 5.85. The second-order valence-corrected chi connectivity index (χ2v) is 4.82. The van der Waals surface area contributed by atoms with Crippen LogP contribution in [0.25, 0.3) is 0 Å². The average Bonchev–Trinajstić information content (AvgIpc) is 2.35. The van der Waals surface area contributed by atoms with Gasteiger partial charge in [0.1, 0.15) is 0 Å². The van der Waals surface area contributed by atoms with Crippen LogP contribution in [0.3, 0.4) is 0 Å². The van der Waals surface area contributed by atoms with E-state index < -0.39 is 6.04 Å². The van der Waals surface area contributed by atoms with Crippen LogP contribution >= 0.6 is 12.4 Å². The molecule has 0 bridgehead atoms. The molecule has 1 aromatic carbocycles. The minimum Gasteiger partial charge on any atom is -0.354 e. The minimum absolute atomic E-state index is 0. The number of fused-ring (bicyclic) bond motifs is 1. The monoisotopic (exact) mass is 268 g/mol. The molecule has 1 unspecified atom stereocenters. The number of nitrogens with one attached hydrogen (secondary N) is 1. The lowest BCUT2D eigenvalue weighted by molar-refractivity contribution is -0.122. The van der Waals surface area contributed by atoms with Crippen LogP contribution in [0.2, 0.25) is 0 Å². The molecule has 18 heavy (non-hydrogen) atoms. The fourth-order valence-corrected chi connectivity index (χ4v) is 2.45. The van der Waals surface area contributed by atoms with Gasteiger partial charge < -0.3 is 11.1 Å². The van der Waals surface area contributed by atoms with Crippen molar-refractivity contribution in [3.05, 3.63) is 35.4 Å². The maximum absolute atomic E-state index is 11.5. The maximum Gasteiger partial charge on any atom is 0.236 e. The number of hydrogen-bond acceptors (Lipinski definition) is 2. The van der Waals surface area contributed by atoms with Crippen LogP contribution in [-0.2, 0) is 11.2 Å². The van der Waals surface area contributed by atoms with Gasteiger partial charge in [0.15, 0.2) is 0 Å². The highest BCUT2D eigenvalue weighted by atomic mass is 35.5. The average molecular weight is 269 g/mol. The smallest absolute Gasteiger partial charge is 0.236 e. The van der Waals surface area contributed by atoms with Gasteiger partial charge >= 0.3 is 0 Å². The lowest BCUT2D eigenvalue weighted by Gasteiger charge is -2.25. The Morgan fingerprint density at radius 2 is 2.22 bits per heavy atom. The Balaban J connectivity index is 0.00000162. The summed E-state index contributed by atoms with van der Waals surface area (Å²) in [6, 6.07) is 8.10. The van der Waals surface area contributed by atoms with E-state index in [-0.39, 0.29) is 18.3 Å². The highest BCUT2D eigenvalue weighted by Crippen LogP contribution is 2.30. The maximum atomic E-state index is 11.5. The van der Waals surface area contributed by atoms with Crippen molar-refractivity contribution in [3.63, 3.8) is 0 Å². The summed E-state index contributed by atoms with van der Waals surface area (Å²) >= 11 is 0. The van der Waals surface area contributed by atoms with E-state index in [0.29, 0.717) is 12.5 Å². The first kappa shape index (κ1) is 15.0. The summed E-state index contributed by atoms with van der Waals surface area (Å²) in [6.07, 6.45) is 3.51. The first-order valence-electron chi connectivity index (χ1n) is 6.29. The Hall–Kier alpha value is -1.06. The van der Waals surface area contributed by atoms with Crippen LogP contribution in [0.5, 0.6) is 0 Å². The highest BCUT2D eigenvalue weighted by Gasteiger charge is 2.20. The number of amides is 1. The van der Waals surface area contributed by atoms with Crippen molar-refractivity contribution in [2.45, 2.75) is 38.1 Å². The van der Waals surface area contributed by atoms with Crippen molar-refractivity contribution < 1.29 is 4.79 Å². The summed E-state index contributed by atoms with van der Waals surface area (Å²) in [4.78, 5) is 11.5. The zero-order valence-electron chi connectivity index (χ0n) is 10.7. The van der Waals surface area contributed by atoms with Crippen molar-refractivity contribution in [1.82, 2.24) is 5.32 Å².